The van der Waals surface area contributed by atoms with Crippen LogP contribution in [0.15, 0.2) is 21.6 Å². The first kappa shape index (κ1) is 13.6. The Kier molecular flexibility index (Phi) is 4.09. The lowest BCUT2D eigenvalue weighted by Gasteiger charge is -2.30. The molecule has 0 atom stereocenters. The highest BCUT2D eigenvalue weighted by Crippen LogP contribution is 2.29. The molecule has 0 bridgehead atoms. The summed E-state index contributed by atoms with van der Waals surface area (Å²) in [6.45, 7) is 3.13. The summed E-state index contributed by atoms with van der Waals surface area (Å²) in [4.78, 5) is 0. The van der Waals surface area contributed by atoms with E-state index >= 15 is 0 Å². The summed E-state index contributed by atoms with van der Waals surface area (Å²) in [5.41, 5.74) is 5.42. The second-order valence-electron chi connectivity index (χ2n) is 4.68. The van der Waals surface area contributed by atoms with Crippen molar-refractivity contribution in [2.45, 2.75) is 37.8 Å². The Bertz CT molecular complexity index is 491. The minimum absolute atomic E-state index is 0.00382. The van der Waals surface area contributed by atoms with Crippen LogP contribution in [-0.4, -0.2) is 25.8 Å². The van der Waals surface area contributed by atoms with E-state index < -0.39 is 10.0 Å². The van der Waals surface area contributed by atoms with Crippen LogP contribution >= 0.6 is 0 Å². The van der Waals surface area contributed by atoms with Crippen molar-refractivity contribution in [3.63, 3.8) is 0 Å². The number of furan rings is 1. The minimum atomic E-state index is -3.50. The monoisotopic (exact) mass is 272 g/mol. The lowest BCUT2D eigenvalue weighted by atomic mass is 9.85. The van der Waals surface area contributed by atoms with E-state index in [0.717, 1.165) is 12.8 Å². The van der Waals surface area contributed by atoms with Crippen molar-refractivity contribution >= 4 is 10.0 Å². The number of hydrogen-bond donors (Lipinski definition) is 1. The molecule has 1 saturated carbocycles. The molecule has 1 aliphatic carbocycles. The summed E-state index contributed by atoms with van der Waals surface area (Å²) < 4.78 is 31.5. The average Bonchev–Trinajstić information content (AvgIpc) is 2.76. The largest absolute Gasteiger partial charge is 0.447 e. The van der Waals surface area contributed by atoms with Crippen molar-refractivity contribution in [3.8, 4) is 0 Å². The Morgan fingerprint density at radius 2 is 2.17 bits per heavy atom. The van der Waals surface area contributed by atoms with E-state index in [4.69, 9.17) is 10.2 Å². The van der Waals surface area contributed by atoms with Gasteiger partial charge < -0.3 is 10.2 Å². The molecule has 1 aliphatic rings. The van der Waals surface area contributed by atoms with Gasteiger partial charge in [-0.2, -0.15) is 4.31 Å². The van der Waals surface area contributed by atoms with E-state index in [2.05, 4.69) is 0 Å². The van der Waals surface area contributed by atoms with Crippen LogP contribution in [0.2, 0.25) is 0 Å². The molecule has 0 amide bonds. The van der Waals surface area contributed by atoms with Gasteiger partial charge in [0.1, 0.15) is 5.76 Å². The van der Waals surface area contributed by atoms with Crippen LogP contribution < -0.4 is 5.73 Å². The molecule has 0 spiro atoms. The molecule has 5 nitrogen and oxygen atoms in total. The van der Waals surface area contributed by atoms with Crippen LogP contribution in [0, 0.1) is 5.92 Å². The maximum atomic E-state index is 12.4. The van der Waals surface area contributed by atoms with Crippen molar-refractivity contribution < 1.29 is 12.8 Å². The Morgan fingerprint density at radius 1 is 1.44 bits per heavy atom. The molecule has 18 heavy (non-hydrogen) atoms. The highest BCUT2D eigenvalue weighted by Gasteiger charge is 2.30. The van der Waals surface area contributed by atoms with Crippen LogP contribution in [0.5, 0.6) is 0 Å². The van der Waals surface area contributed by atoms with Gasteiger partial charge in [0.05, 0.1) is 6.54 Å². The summed E-state index contributed by atoms with van der Waals surface area (Å²) in [5, 5.41) is 0.00382. The fourth-order valence-electron chi connectivity index (χ4n) is 2.09. The van der Waals surface area contributed by atoms with Gasteiger partial charge in [-0.3, -0.25) is 0 Å². The molecule has 102 valence electrons. The molecule has 2 N–H and O–H groups in total. The van der Waals surface area contributed by atoms with Crippen molar-refractivity contribution in [1.82, 2.24) is 4.31 Å². The van der Waals surface area contributed by atoms with Crippen LogP contribution in [0.4, 0.5) is 0 Å². The minimum Gasteiger partial charge on any atom is -0.447 e. The molecule has 1 aromatic rings. The second-order valence-corrected chi connectivity index (χ2v) is 6.55. The van der Waals surface area contributed by atoms with Gasteiger partial charge in [-0.05, 0) is 30.9 Å². The summed E-state index contributed by atoms with van der Waals surface area (Å²) in [6.07, 6.45) is 3.46. The van der Waals surface area contributed by atoms with E-state index in [9.17, 15) is 8.42 Å². The second kappa shape index (κ2) is 5.42. The molecule has 0 aliphatic heterocycles. The number of nitrogens with zero attached hydrogens (tertiary/aromatic N) is 1. The number of nitrogens with two attached hydrogens (primary N) is 1. The third kappa shape index (κ3) is 2.60. The molecule has 0 aromatic carbocycles. The van der Waals surface area contributed by atoms with Gasteiger partial charge >= 0.3 is 0 Å². The zero-order valence-corrected chi connectivity index (χ0v) is 11.4. The first-order valence-electron chi connectivity index (χ1n) is 6.37. The maximum Gasteiger partial charge on any atom is 0.276 e. The molecule has 0 radical (unpaired) electrons. The van der Waals surface area contributed by atoms with E-state index in [1.807, 2.05) is 6.92 Å². The molecule has 0 saturated heterocycles. The van der Waals surface area contributed by atoms with Gasteiger partial charge in [-0.25, -0.2) is 8.42 Å². The van der Waals surface area contributed by atoms with Crippen LogP contribution in [-0.2, 0) is 16.6 Å². The third-order valence-electron chi connectivity index (χ3n) is 3.47. The van der Waals surface area contributed by atoms with E-state index in [-0.39, 0.29) is 11.6 Å². The van der Waals surface area contributed by atoms with E-state index in [0.29, 0.717) is 24.8 Å². The van der Waals surface area contributed by atoms with E-state index in [1.54, 1.807) is 6.07 Å². The fraction of sp³-hybridized carbons (Fsp3) is 0.667. The standard InChI is InChI=1S/C12H20N2O3S/c1-2-14(9-10-4-3-5-10)18(15,16)12-7-6-11(8-13)17-12/h6-7,10H,2-5,8-9,13H2,1H3. The lowest BCUT2D eigenvalue weighted by Crippen LogP contribution is -2.37. The Morgan fingerprint density at radius 3 is 2.61 bits per heavy atom. The number of hydrogen-bond acceptors (Lipinski definition) is 4. The topological polar surface area (TPSA) is 76.5 Å². The van der Waals surface area contributed by atoms with Crippen molar-refractivity contribution in [2.75, 3.05) is 13.1 Å². The highest BCUT2D eigenvalue weighted by molar-refractivity contribution is 7.89. The highest BCUT2D eigenvalue weighted by atomic mass is 32.2. The first-order valence-corrected chi connectivity index (χ1v) is 7.81. The van der Waals surface area contributed by atoms with Crippen LogP contribution in [0.3, 0.4) is 0 Å². The molecule has 6 heteroatoms. The van der Waals surface area contributed by atoms with Crippen molar-refractivity contribution in [1.29, 1.82) is 0 Å². The van der Waals surface area contributed by atoms with E-state index in [1.165, 1.54) is 16.8 Å². The number of rotatable bonds is 6. The van der Waals surface area contributed by atoms with Gasteiger partial charge in [0.15, 0.2) is 0 Å². The third-order valence-corrected chi connectivity index (χ3v) is 5.29. The summed E-state index contributed by atoms with van der Waals surface area (Å²) in [6, 6.07) is 3.10. The normalized spacial score (nSPS) is 17.1. The molecule has 1 aromatic heterocycles. The Labute approximate surface area is 108 Å². The molecule has 0 unspecified atom stereocenters. The summed E-state index contributed by atoms with van der Waals surface area (Å²) in [5.74, 6) is 0.997. The lowest BCUT2D eigenvalue weighted by molar-refractivity contribution is 0.246. The first-order chi connectivity index (χ1) is 8.57. The van der Waals surface area contributed by atoms with Gasteiger partial charge in [0, 0.05) is 13.1 Å². The Hall–Kier alpha value is -0.850. The number of sulfonamides is 1. The van der Waals surface area contributed by atoms with Gasteiger partial charge in [0.25, 0.3) is 10.0 Å². The molecule has 1 heterocycles. The van der Waals surface area contributed by atoms with Crippen molar-refractivity contribution in [3.05, 3.63) is 17.9 Å². The molecule has 1 fully saturated rings. The molecule has 2 rings (SSSR count). The zero-order valence-electron chi connectivity index (χ0n) is 10.6. The predicted octanol–water partition coefficient (Wildman–Crippen LogP) is 1.55. The zero-order chi connectivity index (χ0) is 13.2. The predicted molar refractivity (Wildman–Crippen MR) is 68.4 cm³/mol. The molecular weight excluding hydrogens is 252 g/mol. The Balaban J connectivity index is 2.16. The fourth-order valence-corrected chi connectivity index (χ4v) is 3.55. The van der Waals surface area contributed by atoms with Crippen LogP contribution in [0.25, 0.3) is 0 Å². The van der Waals surface area contributed by atoms with Gasteiger partial charge in [0.2, 0.25) is 5.09 Å². The van der Waals surface area contributed by atoms with Crippen molar-refractivity contribution in [2.24, 2.45) is 11.7 Å². The maximum absolute atomic E-state index is 12.4. The van der Waals surface area contributed by atoms with Crippen LogP contribution in [0.1, 0.15) is 31.9 Å². The SMILES string of the molecule is CCN(CC1CCC1)S(=O)(=O)c1ccc(CN)o1. The smallest absolute Gasteiger partial charge is 0.276 e. The van der Waals surface area contributed by atoms with Gasteiger partial charge in [-0.15, -0.1) is 0 Å². The summed E-state index contributed by atoms with van der Waals surface area (Å²) >= 11 is 0. The average molecular weight is 272 g/mol. The quantitative estimate of drug-likeness (QED) is 0.852. The molecular formula is C12H20N2O3S. The van der Waals surface area contributed by atoms with Gasteiger partial charge in [-0.1, -0.05) is 13.3 Å². The summed E-state index contributed by atoms with van der Waals surface area (Å²) in [7, 11) is -3.50.